The van der Waals surface area contributed by atoms with Crippen LogP contribution in [0.2, 0.25) is 5.02 Å². The minimum Gasteiger partial charge on any atom is -0.354 e. The van der Waals surface area contributed by atoms with Gasteiger partial charge in [-0.05, 0) is 60.4 Å². The van der Waals surface area contributed by atoms with Gasteiger partial charge >= 0.3 is 0 Å². The number of anilines is 1. The van der Waals surface area contributed by atoms with E-state index in [4.69, 9.17) is 11.6 Å². The lowest BCUT2D eigenvalue weighted by Gasteiger charge is -2.34. The van der Waals surface area contributed by atoms with Crippen molar-refractivity contribution in [2.75, 3.05) is 17.4 Å². The SMILES string of the molecule is Cc1ccc(N(CC(=O)N(Cc2cccc(Cl)c2)[C@@H](Cc2ccccc2)C(=O)NCC(C)C)S(=O)(=O)c2ccccc2)cc1. The summed E-state index contributed by atoms with van der Waals surface area (Å²) in [6.07, 6.45) is 0.243. The second-order valence-corrected chi connectivity index (χ2v) is 13.5. The highest BCUT2D eigenvalue weighted by molar-refractivity contribution is 7.92. The Labute approximate surface area is 265 Å². The molecule has 9 heteroatoms. The Morgan fingerprint density at radius 3 is 2.05 bits per heavy atom. The normalized spacial score (nSPS) is 12.0. The number of hydrogen-bond donors (Lipinski definition) is 1. The summed E-state index contributed by atoms with van der Waals surface area (Å²) in [5, 5.41) is 3.48. The number of hydrogen-bond acceptors (Lipinski definition) is 4. The highest BCUT2D eigenvalue weighted by atomic mass is 35.5. The van der Waals surface area contributed by atoms with Crippen molar-refractivity contribution in [1.82, 2.24) is 10.2 Å². The van der Waals surface area contributed by atoms with Crippen LogP contribution in [0.5, 0.6) is 0 Å². The lowest BCUT2D eigenvalue weighted by molar-refractivity contribution is -0.140. The summed E-state index contributed by atoms with van der Waals surface area (Å²) < 4.78 is 29.1. The Kier molecular flexibility index (Phi) is 11.2. The van der Waals surface area contributed by atoms with Gasteiger partial charge in [0.1, 0.15) is 12.6 Å². The number of carbonyl (C=O) groups is 2. The Hall–Kier alpha value is -4.14. The predicted molar refractivity (Wildman–Crippen MR) is 176 cm³/mol. The summed E-state index contributed by atoms with van der Waals surface area (Å²) in [7, 11) is -4.14. The van der Waals surface area contributed by atoms with E-state index < -0.39 is 28.5 Å². The molecule has 4 aromatic rings. The smallest absolute Gasteiger partial charge is 0.264 e. The van der Waals surface area contributed by atoms with E-state index in [-0.39, 0.29) is 29.7 Å². The first-order valence-electron chi connectivity index (χ1n) is 14.5. The number of halogens is 1. The zero-order valence-electron chi connectivity index (χ0n) is 25.2. The van der Waals surface area contributed by atoms with E-state index in [1.165, 1.54) is 17.0 Å². The average molecular weight is 632 g/mol. The molecule has 4 rings (SSSR count). The fraction of sp³-hybridized carbons (Fsp3) is 0.257. The number of nitrogens with one attached hydrogen (secondary N) is 1. The molecular formula is C35H38ClN3O4S. The van der Waals surface area contributed by atoms with Gasteiger partial charge in [0, 0.05) is 24.5 Å². The molecule has 0 saturated heterocycles. The number of amides is 2. The Bertz CT molecular complexity index is 1650. The first-order valence-corrected chi connectivity index (χ1v) is 16.4. The van der Waals surface area contributed by atoms with Crippen molar-refractivity contribution in [2.45, 2.75) is 44.7 Å². The first-order chi connectivity index (χ1) is 21.0. The molecule has 44 heavy (non-hydrogen) atoms. The van der Waals surface area contributed by atoms with Crippen molar-refractivity contribution in [3.8, 4) is 0 Å². The van der Waals surface area contributed by atoms with Crippen LogP contribution in [0.3, 0.4) is 0 Å². The quantitative estimate of drug-likeness (QED) is 0.189. The van der Waals surface area contributed by atoms with E-state index in [1.807, 2.05) is 57.2 Å². The second kappa shape index (κ2) is 15.0. The molecule has 0 aliphatic carbocycles. The highest BCUT2D eigenvalue weighted by Gasteiger charge is 2.34. The fourth-order valence-corrected chi connectivity index (χ4v) is 6.42. The molecule has 0 aliphatic heterocycles. The average Bonchev–Trinajstić information content (AvgIpc) is 3.01. The van der Waals surface area contributed by atoms with E-state index in [2.05, 4.69) is 5.32 Å². The van der Waals surface area contributed by atoms with Crippen molar-refractivity contribution in [3.05, 3.63) is 131 Å². The number of nitrogens with zero attached hydrogens (tertiary/aromatic N) is 2. The molecule has 7 nitrogen and oxygen atoms in total. The third-order valence-electron chi connectivity index (χ3n) is 7.13. The van der Waals surface area contributed by atoms with Gasteiger partial charge in [0.2, 0.25) is 11.8 Å². The first kappa shape index (κ1) is 32.8. The third-order valence-corrected chi connectivity index (χ3v) is 9.15. The highest BCUT2D eigenvalue weighted by Crippen LogP contribution is 2.26. The topological polar surface area (TPSA) is 86.8 Å². The summed E-state index contributed by atoms with van der Waals surface area (Å²) in [6, 6.07) is 30.6. The van der Waals surface area contributed by atoms with Crippen molar-refractivity contribution < 1.29 is 18.0 Å². The van der Waals surface area contributed by atoms with Crippen LogP contribution < -0.4 is 9.62 Å². The van der Waals surface area contributed by atoms with Crippen LogP contribution in [0.1, 0.15) is 30.5 Å². The van der Waals surface area contributed by atoms with Crippen molar-refractivity contribution in [2.24, 2.45) is 5.92 Å². The molecule has 1 N–H and O–H groups in total. The van der Waals surface area contributed by atoms with E-state index in [0.717, 1.165) is 15.4 Å². The van der Waals surface area contributed by atoms with E-state index in [0.29, 0.717) is 22.8 Å². The van der Waals surface area contributed by atoms with Gasteiger partial charge in [0.25, 0.3) is 10.0 Å². The lowest BCUT2D eigenvalue weighted by atomic mass is 10.0. The summed E-state index contributed by atoms with van der Waals surface area (Å²) in [4.78, 5) is 29.8. The number of sulfonamides is 1. The van der Waals surface area contributed by atoms with Gasteiger partial charge in [-0.2, -0.15) is 0 Å². The van der Waals surface area contributed by atoms with Crippen molar-refractivity contribution >= 4 is 39.1 Å². The van der Waals surface area contributed by atoms with Crippen LogP contribution in [-0.4, -0.2) is 44.3 Å². The largest absolute Gasteiger partial charge is 0.354 e. The zero-order chi connectivity index (χ0) is 31.7. The monoisotopic (exact) mass is 631 g/mol. The summed E-state index contributed by atoms with van der Waals surface area (Å²) in [5.41, 5.74) is 2.88. The van der Waals surface area contributed by atoms with Gasteiger partial charge in [-0.15, -0.1) is 0 Å². The van der Waals surface area contributed by atoms with Gasteiger partial charge < -0.3 is 10.2 Å². The molecule has 0 heterocycles. The number of aryl methyl sites for hydroxylation is 1. The summed E-state index contributed by atoms with van der Waals surface area (Å²) in [6.45, 7) is 5.87. The molecule has 0 aromatic heterocycles. The van der Waals surface area contributed by atoms with Gasteiger partial charge in [0.15, 0.2) is 0 Å². The van der Waals surface area contributed by atoms with E-state index in [1.54, 1.807) is 60.7 Å². The number of benzene rings is 4. The molecule has 230 valence electrons. The van der Waals surface area contributed by atoms with Crippen LogP contribution in [0.25, 0.3) is 0 Å². The summed E-state index contributed by atoms with van der Waals surface area (Å²) >= 11 is 6.30. The molecule has 1 atom stereocenters. The number of carbonyl (C=O) groups excluding carboxylic acids is 2. The molecule has 0 spiro atoms. The van der Waals surface area contributed by atoms with Crippen LogP contribution in [0, 0.1) is 12.8 Å². The van der Waals surface area contributed by atoms with Crippen molar-refractivity contribution in [3.63, 3.8) is 0 Å². The van der Waals surface area contributed by atoms with Crippen LogP contribution >= 0.6 is 11.6 Å². The van der Waals surface area contributed by atoms with Crippen LogP contribution in [0.15, 0.2) is 114 Å². The molecule has 0 radical (unpaired) electrons. The zero-order valence-corrected chi connectivity index (χ0v) is 26.8. The van der Waals surface area contributed by atoms with E-state index >= 15 is 0 Å². The van der Waals surface area contributed by atoms with Gasteiger partial charge in [-0.3, -0.25) is 13.9 Å². The molecule has 0 bridgehead atoms. The molecule has 0 aliphatic rings. The fourth-order valence-electron chi connectivity index (χ4n) is 4.77. The third kappa shape index (κ3) is 8.71. The molecule has 4 aromatic carbocycles. The minimum atomic E-state index is -4.14. The van der Waals surface area contributed by atoms with Gasteiger partial charge in [-0.1, -0.05) is 104 Å². The standard InChI is InChI=1S/C35H38ClN3O4S/c1-26(2)23-37-35(41)33(22-28-11-6-4-7-12-28)38(24-29-13-10-14-30(36)21-29)34(40)25-39(31-19-17-27(3)18-20-31)44(42,43)32-15-8-5-9-16-32/h4-21,26,33H,22-25H2,1-3H3,(H,37,41)/t33-/m0/s1. The predicted octanol–water partition coefficient (Wildman–Crippen LogP) is 6.26. The Balaban J connectivity index is 1.79. The van der Waals surface area contributed by atoms with Gasteiger partial charge in [0.05, 0.1) is 10.6 Å². The maximum atomic E-state index is 14.4. The van der Waals surface area contributed by atoms with Gasteiger partial charge in [-0.25, -0.2) is 8.42 Å². The Morgan fingerprint density at radius 1 is 0.818 bits per heavy atom. The second-order valence-electron chi connectivity index (χ2n) is 11.2. The van der Waals surface area contributed by atoms with Crippen LogP contribution in [-0.2, 0) is 32.6 Å². The molecule has 0 fully saturated rings. The Morgan fingerprint density at radius 2 is 1.43 bits per heavy atom. The maximum Gasteiger partial charge on any atom is 0.264 e. The number of rotatable bonds is 13. The summed E-state index contributed by atoms with van der Waals surface area (Å²) in [5.74, 6) is -0.641. The minimum absolute atomic E-state index is 0.0547. The molecular weight excluding hydrogens is 594 g/mol. The van der Waals surface area contributed by atoms with E-state index in [9.17, 15) is 18.0 Å². The van der Waals surface area contributed by atoms with Crippen LogP contribution in [0.4, 0.5) is 5.69 Å². The molecule has 2 amide bonds. The maximum absolute atomic E-state index is 14.4. The molecule has 0 unspecified atom stereocenters. The lowest BCUT2D eigenvalue weighted by Crippen LogP contribution is -2.53. The molecule has 0 saturated carbocycles. The van der Waals surface area contributed by atoms with Crippen molar-refractivity contribution in [1.29, 1.82) is 0 Å².